The van der Waals surface area contributed by atoms with Gasteiger partial charge in [-0.15, -0.1) is 0 Å². The molecule has 4 aliphatic carbocycles. The predicted octanol–water partition coefficient (Wildman–Crippen LogP) is 4.60. The zero-order chi connectivity index (χ0) is 30.2. The zero-order valence-corrected chi connectivity index (χ0v) is 24.9. The van der Waals surface area contributed by atoms with E-state index in [0.29, 0.717) is 35.4 Å². The van der Waals surface area contributed by atoms with Gasteiger partial charge in [-0.3, -0.25) is 4.79 Å². The number of ether oxygens (including phenoxy) is 1. The molecule has 7 nitrogen and oxygen atoms in total. The largest absolute Gasteiger partial charge is 0.451 e. The Kier molecular flexibility index (Phi) is 6.80. The highest BCUT2D eigenvalue weighted by Gasteiger charge is 2.76. The van der Waals surface area contributed by atoms with Crippen LogP contribution in [0.2, 0.25) is 0 Å². The normalized spacial score (nSPS) is 36.0. The van der Waals surface area contributed by atoms with Gasteiger partial charge in [-0.1, -0.05) is 75.4 Å². The number of aliphatic hydroxyl groups is 3. The van der Waals surface area contributed by atoms with Crippen LogP contribution in [0.3, 0.4) is 0 Å². The first-order valence-electron chi connectivity index (χ1n) is 14.9. The second-order valence-electron chi connectivity index (χ2n) is 13.5. The van der Waals surface area contributed by atoms with Crippen molar-refractivity contribution in [1.29, 1.82) is 0 Å². The molecule has 0 aliphatic heterocycles. The van der Waals surface area contributed by atoms with Crippen molar-refractivity contribution in [3.8, 4) is 0 Å². The van der Waals surface area contributed by atoms with E-state index >= 15 is 0 Å². The molecule has 2 fully saturated rings. The van der Waals surface area contributed by atoms with E-state index < -0.39 is 41.7 Å². The van der Waals surface area contributed by atoms with E-state index in [0.717, 1.165) is 5.56 Å². The van der Waals surface area contributed by atoms with Crippen molar-refractivity contribution in [2.45, 2.75) is 65.4 Å². The Morgan fingerprint density at radius 3 is 2.50 bits per heavy atom. The van der Waals surface area contributed by atoms with E-state index in [1.807, 2.05) is 62.4 Å². The maximum Gasteiger partial charge on any atom is 0.341 e. The number of esters is 1. The Balaban J connectivity index is 1.38. The van der Waals surface area contributed by atoms with Gasteiger partial charge in [-0.05, 0) is 71.8 Å². The van der Waals surface area contributed by atoms with Crippen LogP contribution in [0.5, 0.6) is 0 Å². The van der Waals surface area contributed by atoms with Gasteiger partial charge in [0.2, 0.25) is 0 Å². The Morgan fingerprint density at radius 1 is 1.10 bits per heavy atom. The van der Waals surface area contributed by atoms with Crippen molar-refractivity contribution in [3.63, 3.8) is 0 Å². The first-order valence-corrected chi connectivity index (χ1v) is 14.9. The summed E-state index contributed by atoms with van der Waals surface area (Å²) in [5.41, 5.74) is -0.334. The van der Waals surface area contributed by atoms with Crippen LogP contribution >= 0.6 is 0 Å². The van der Waals surface area contributed by atoms with Crippen LogP contribution in [0.25, 0.3) is 0 Å². The van der Waals surface area contributed by atoms with Crippen molar-refractivity contribution in [2.24, 2.45) is 34.5 Å². The summed E-state index contributed by atoms with van der Waals surface area (Å²) >= 11 is 0. The number of aliphatic hydroxyl groups excluding tert-OH is 2. The molecule has 0 heterocycles. The molecule has 2 bridgehead atoms. The molecule has 2 aromatic carbocycles. The van der Waals surface area contributed by atoms with E-state index in [-0.39, 0.29) is 34.5 Å². The quantitative estimate of drug-likeness (QED) is 0.296. The van der Waals surface area contributed by atoms with Gasteiger partial charge in [0.1, 0.15) is 6.10 Å². The standard InChI is InChI=1S/C35H41NO6/c1-19-10-9-13-26(36-17-22-11-7-6-8-12-22)27(19)32(40)42-31-20(2)16-34-21(3)14-25-28(33(25,4)5)24(30(34)39)15-23(18-37)29(38)35(31,34)41/h6-13,15-16,21,24-25,28-29,31,36-38,41H,14,17-18H2,1-5H3/t21-,24+,25-,28+,29-,31+,34+,35+/m1/s1. The number of rotatable bonds is 6. The molecule has 42 heavy (non-hydrogen) atoms. The molecule has 7 heteroatoms. The maximum absolute atomic E-state index is 14.6. The first-order chi connectivity index (χ1) is 19.9. The summed E-state index contributed by atoms with van der Waals surface area (Å²) in [6, 6.07) is 15.3. The van der Waals surface area contributed by atoms with E-state index in [1.54, 1.807) is 19.1 Å². The summed E-state index contributed by atoms with van der Waals surface area (Å²) in [5.74, 6) is -1.37. The topological polar surface area (TPSA) is 116 Å². The molecule has 8 atom stereocenters. The second kappa shape index (κ2) is 9.90. The SMILES string of the molecule is CC1=C[C@]23C(=O)[C@@H](C=C(CO)[C@@H](O)[C@]2(O)[C@H]1OC(=O)c1c(C)cccc1NCc1ccccc1)[C@H]1[C@@H](C[C@H]3C)C1(C)C. The van der Waals surface area contributed by atoms with Gasteiger partial charge in [0.15, 0.2) is 17.5 Å². The van der Waals surface area contributed by atoms with Gasteiger partial charge in [0, 0.05) is 18.2 Å². The molecule has 0 radical (unpaired) electrons. The summed E-state index contributed by atoms with van der Waals surface area (Å²) in [4.78, 5) is 28.6. The Morgan fingerprint density at radius 2 is 1.81 bits per heavy atom. The highest BCUT2D eigenvalue weighted by Crippen LogP contribution is 2.71. The third-order valence-electron chi connectivity index (χ3n) is 10.9. The van der Waals surface area contributed by atoms with Crippen LogP contribution in [0.4, 0.5) is 5.69 Å². The van der Waals surface area contributed by atoms with Crippen molar-refractivity contribution in [3.05, 3.63) is 88.5 Å². The number of benzene rings is 2. The van der Waals surface area contributed by atoms with Gasteiger partial charge in [-0.2, -0.15) is 0 Å². The number of fused-ring (bicyclic) bond motifs is 3. The molecule has 0 unspecified atom stereocenters. The molecule has 222 valence electrons. The van der Waals surface area contributed by atoms with E-state index in [4.69, 9.17) is 4.74 Å². The smallest absolute Gasteiger partial charge is 0.341 e. The average Bonchev–Trinajstić information content (AvgIpc) is 3.45. The van der Waals surface area contributed by atoms with E-state index in [2.05, 4.69) is 19.2 Å². The molecule has 1 spiro atoms. The molecule has 0 aromatic heterocycles. The number of carbonyl (C=O) groups is 2. The van der Waals surface area contributed by atoms with Gasteiger partial charge in [-0.25, -0.2) is 4.79 Å². The molecule has 2 aromatic rings. The third-order valence-corrected chi connectivity index (χ3v) is 10.9. The Bertz CT molecular complexity index is 1490. The van der Waals surface area contributed by atoms with Crippen LogP contribution in [0, 0.1) is 41.4 Å². The predicted molar refractivity (Wildman–Crippen MR) is 160 cm³/mol. The van der Waals surface area contributed by atoms with Crippen molar-refractivity contribution in [2.75, 3.05) is 11.9 Å². The lowest BCUT2D eigenvalue weighted by atomic mass is 9.59. The summed E-state index contributed by atoms with van der Waals surface area (Å²) in [7, 11) is 0. The minimum absolute atomic E-state index is 0.0577. The number of aryl methyl sites for hydroxylation is 1. The minimum Gasteiger partial charge on any atom is -0.451 e. The van der Waals surface area contributed by atoms with Gasteiger partial charge < -0.3 is 25.4 Å². The fourth-order valence-electron chi connectivity index (χ4n) is 8.64. The number of nitrogens with one attached hydrogen (secondary N) is 1. The number of allylic oxidation sites excluding steroid dienone is 1. The fraction of sp³-hybridized carbons (Fsp3) is 0.486. The van der Waals surface area contributed by atoms with Gasteiger partial charge in [0.05, 0.1) is 17.6 Å². The third kappa shape index (κ3) is 3.90. The number of Topliss-reactive ketones (excluding diaryl/α,β-unsaturated/α-hetero) is 1. The number of hydrogen-bond acceptors (Lipinski definition) is 7. The van der Waals surface area contributed by atoms with E-state index in [1.165, 1.54) is 0 Å². The molecule has 0 amide bonds. The molecular weight excluding hydrogens is 530 g/mol. The lowest BCUT2D eigenvalue weighted by Gasteiger charge is -2.48. The number of anilines is 1. The summed E-state index contributed by atoms with van der Waals surface area (Å²) < 4.78 is 6.16. The van der Waals surface area contributed by atoms with Crippen molar-refractivity contribution in [1.82, 2.24) is 0 Å². The van der Waals surface area contributed by atoms with Crippen molar-refractivity contribution >= 4 is 17.4 Å². The average molecular weight is 572 g/mol. The molecule has 4 aliphatic rings. The summed E-state index contributed by atoms with van der Waals surface area (Å²) in [5, 5.41) is 38.2. The van der Waals surface area contributed by atoms with Crippen molar-refractivity contribution < 1.29 is 29.6 Å². The van der Waals surface area contributed by atoms with Gasteiger partial charge in [0.25, 0.3) is 0 Å². The second-order valence-corrected chi connectivity index (χ2v) is 13.5. The Hall–Kier alpha value is -3.26. The summed E-state index contributed by atoms with van der Waals surface area (Å²) in [6.45, 7) is 9.81. The molecular formula is C35H41NO6. The molecule has 6 rings (SSSR count). The summed E-state index contributed by atoms with van der Waals surface area (Å²) in [6.07, 6.45) is 1.25. The Labute approximate surface area is 247 Å². The van der Waals surface area contributed by atoms with E-state index in [9.17, 15) is 24.9 Å². The highest BCUT2D eigenvalue weighted by molar-refractivity contribution is 5.98. The van der Waals surface area contributed by atoms with Gasteiger partial charge >= 0.3 is 5.97 Å². The maximum atomic E-state index is 14.6. The van der Waals surface area contributed by atoms with Crippen LogP contribution in [0.15, 0.2) is 71.8 Å². The minimum atomic E-state index is -2.17. The first kappa shape index (κ1) is 28.8. The number of carbonyl (C=O) groups excluding carboxylic acids is 2. The zero-order valence-electron chi connectivity index (χ0n) is 24.9. The number of hydrogen-bond donors (Lipinski definition) is 4. The number of ketones is 1. The highest BCUT2D eigenvalue weighted by atomic mass is 16.6. The lowest BCUT2D eigenvalue weighted by molar-refractivity contribution is -0.190. The fourth-order valence-corrected chi connectivity index (χ4v) is 8.64. The monoisotopic (exact) mass is 571 g/mol. The van der Waals surface area contributed by atoms with Crippen LogP contribution in [-0.2, 0) is 16.1 Å². The van der Waals surface area contributed by atoms with Crippen LogP contribution in [-0.4, -0.2) is 51.5 Å². The molecule has 0 saturated heterocycles. The lowest BCUT2D eigenvalue weighted by Crippen LogP contribution is -2.65. The molecule has 4 N–H and O–H groups in total. The molecule has 2 saturated carbocycles. The van der Waals surface area contributed by atoms with Crippen LogP contribution < -0.4 is 5.32 Å². The van der Waals surface area contributed by atoms with Crippen LogP contribution in [0.1, 0.15) is 55.6 Å².